The highest BCUT2D eigenvalue weighted by molar-refractivity contribution is 5.87. The Morgan fingerprint density at radius 3 is 2.86 bits per heavy atom. The second-order valence-corrected chi connectivity index (χ2v) is 4.49. The Hall–Kier alpha value is -2.12. The van der Waals surface area contributed by atoms with Gasteiger partial charge in [-0.2, -0.15) is 22.5 Å². The van der Waals surface area contributed by atoms with Gasteiger partial charge in [0.1, 0.15) is 6.10 Å². The Balaban J connectivity index is 1.89. The molecule has 0 radical (unpaired) electrons. The van der Waals surface area contributed by atoms with Crippen LogP contribution < -0.4 is 4.74 Å². The van der Waals surface area contributed by atoms with Crippen LogP contribution in [-0.4, -0.2) is 41.2 Å². The molecule has 21 heavy (non-hydrogen) atoms. The van der Waals surface area contributed by atoms with Crippen molar-refractivity contribution in [3.63, 3.8) is 0 Å². The lowest BCUT2D eigenvalue weighted by molar-refractivity contribution is -0.126. The van der Waals surface area contributed by atoms with E-state index in [1.807, 2.05) is 0 Å². The summed E-state index contributed by atoms with van der Waals surface area (Å²) in [5, 5.41) is 0. The molecular weight excluding hydrogens is 292 g/mol. The third-order valence-corrected chi connectivity index (χ3v) is 2.85. The van der Waals surface area contributed by atoms with Crippen LogP contribution in [0.15, 0.2) is 30.4 Å². The number of pyridine rings is 1. The summed E-state index contributed by atoms with van der Waals surface area (Å²) in [6.07, 6.45) is -4.09. The number of allylic oxidation sites excluding steroid dienone is 1. The average molecular weight is 304 g/mol. The van der Waals surface area contributed by atoms with Crippen molar-refractivity contribution in [2.45, 2.75) is 18.7 Å². The molecule has 1 unspecified atom stereocenters. The van der Waals surface area contributed by atoms with Gasteiger partial charge in [-0.1, -0.05) is 6.07 Å². The molecule has 0 saturated carbocycles. The first kappa shape index (κ1) is 15.3. The summed E-state index contributed by atoms with van der Waals surface area (Å²) in [6, 6.07) is 4.07. The summed E-state index contributed by atoms with van der Waals surface area (Å²) in [5.41, 5.74) is 0. The number of carbonyl (C=O) groups excluding carboxylic acids is 1. The predicted octanol–water partition coefficient (Wildman–Crippen LogP) is 2.32. The van der Waals surface area contributed by atoms with Crippen molar-refractivity contribution in [2.24, 2.45) is 0 Å². The van der Waals surface area contributed by atoms with Gasteiger partial charge in [0.05, 0.1) is 6.54 Å². The molecule has 8 heteroatoms. The first-order valence-electron chi connectivity index (χ1n) is 6.17. The number of alkyl halides is 3. The van der Waals surface area contributed by atoms with Crippen LogP contribution in [-0.2, 0) is 4.79 Å². The highest BCUT2D eigenvalue weighted by Crippen LogP contribution is 2.19. The Kier molecular flexibility index (Phi) is 4.44. The second-order valence-electron chi connectivity index (χ2n) is 4.49. The average Bonchev–Trinajstić information content (AvgIpc) is 2.83. The lowest BCUT2D eigenvalue weighted by atomic mass is 10.3. The largest absolute Gasteiger partial charge is 0.472 e. The maximum atomic E-state index is 12.9. The van der Waals surface area contributed by atoms with E-state index in [9.17, 15) is 22.4 Å². The second kappa shape index (κ2) is 6.11. The zero-order valence-corrected chi connectivity index (χ0v) is 10.8. The van der Waals surface area contributed by atoms with E-state index < -0.39 is 24.1 Å². The maximum Gasteiger partial charge on any atom is 0.409 e. The number of aromatic nitrogens is 1. The third kappa shape index (κ3) is 4.73. The van der Waals surface area contributed by atoms with Crippen LogP contribution in [0.4, 0.5) is 17.6 Å². The molecule has 1 aromatic rings. The molecule has 114 valence electrons. The lowest BCUT2D eigenvalue weighted by Crippen LogP contribution is -2.30. The fourth-order valence-corrected chi connectivity index (χ4v) is 1.92. The molecule has 1 aromatic heterocycles. The summed E-state index contributed by atoms with van der Waals surface area (Å²) in [4.78, 5) is 16.3. The Morgan fingerprint density at radius 1 is 1.43 bits per heavy atom. The summed E-state index contributed by atoms with van der Waals surface area (Å²) in [5.74, 6) is -1.34. The lowest BCUT2D eigenvalue weighted by Gasteiger charge is -2.15. The van der Waals surface area contributed by atoms with Gasteiger partial charge in [-0.3, -0.25) is 4.79 Å². The third-order valence-electron chi connectivity index (χ3n) is 2.85. The van der Waals surface area contributed by atoms with Gasteiger partial charge in [-0.05, 0) is 6.07 Å². The molecule has 0 aromatic carbocycles. The molecule has 2 rings (SSSR count). The highest BCUT2D eigenvalue weighted by atomic mass is 19.4. The van der Waals surface area contributed by atoms with Gasteiger partial charge >= 0.3 is 6.18 Å². The first-order chi connectivity index (χ1) is 9.83. The van der Waals surface area contributed by atoms with Gasteiger partial charge in [-0.25, -0.2) is 0 Å². The van der Waals surface area contributed by atoms with Gasteiger partial charge in [0.15, 0.2) is 0 Å². The fourth-order valence-electron chi connectivity index (χ4n) is 1.92. The van der Waals surface area contributed by atoms with Gasteiger partial charge in [-0.15, -0.1) is 0 Å². The van der Waals surface area contributed by atoms with E-state index in [0.717, 1.165) is 0 Å². The van der Waals surface area contributed by atoms with Crippen molar-refractivity contribution < 1.29 is 27.1 Å². The molecule has 0 spiro atoms. The number of halogens is 4. The molecule has 1 aliphatic rings. The fraction of sp³-hybridized carbons (Fsp3) is 0.385. The number of hydrogen-bond acceptors (Lipinski definition) is 3. The highest BCUT2D eigenvalue weighted by Gasteiger charge is 2.28. The number of carbonyl (C=O) groups is 1. The zero-order valence-electron chi connectivity index (χ0n) is 10.8. The molecule has 1 aliphatic heterocycles. The Bertz CT molecular complexity index is 545. The van der Waals surface area contributed by atoms with Gasteiger partial charge in [0.2, 0.25) is 17.7 Å². The normalized spacial score (nSPS) is 19.2. The summed E-state index contributed by atoms with van der Waals surface area (Å²) < 4.78 is 54.2. The minimum atomic E-state index is -4.52. The zero-order chi connectivity index (χ0) is 15.5. The van der Waals surface area contributed by atoms with E-state index in [2.05, 4.69) is 4.98 Å². The van der Waals surface area contributed by atoms with Crippen LogP contribution in [0.2, 0.25) is 0 Å². The molecule has 1 atom stereocenters. The van der Waals surface area contributed by atoms with Crippen LogP contribution in [0.1, 0.15) is 6.42 Å². The van der Waals surface area contributed by atoms with Crippen molar-refractivity contribution in [1.29, 1.82) is 0 Å². The minimum absolute atomic E-state index is 0.0835. The number of nitrogens with zero attached hydrogens (tertiary/aromatic N) is 2. The van der Waals surface area contributed by atoms with Crippen molar-refractivity contribution in [3.05, 3.63) is 36.3 Å². The number of likely N-dealkylation sites (tertiary alicyclic amines) is 1. The van der Waals surface area contributed by atoms with E-state index in [0.29, 0.717) is 12.5 Å². The van der Waals surface area contributed by atoms with Crippen LogP contribution in [0.25, 0.3) is 0 Å². The van der Waals surface area contributed by atoms with Crippen molar-refractivity contribution >= 4 is 5.91 Å². The van der Waals surface area contributed by atoms with Crippen molar-refractivity contribution in [3.8, 4) is 5.88 Å². The summed E-state index contributed by atoms with van der Waals surface area (Å²) in [6.45, 7) is 0.417. The SMILES string of the molecule is O=C(/C=C/C(F)(F)F)N1CCC(Oc2cccc(F)n2)C1. The quantitative estimate of drug-likeness (QED) is 0.489. The molecule has 2 heterocycles. The predicted molar refractivity (Wildman–Crippen MR) is 65.0 cm³/mol. The van der Waals surface area contributed by atoms with E-state index >= 15 is 0 Å². The monoisotopic (exact) mass is 304 g/mol. The molecular formula is C13H12F4N2O2. The number of rotatable bonds is 3. The first-order valence-corrected chi connectivity index (χ1v) is 6.17. The number of ether oxygens (including phenoxy) is 1. The van der Waals surface area contributed by atoms with Crippen molar-refractivity contribution in [2.75, 3.05) is 13.1 Å². The number of amides is 1. The minimum Gasteiger partial charge on any atom is -0.472 e. The maximum absolute atomic E-state index is 12.9. The van der Waals surface area contributed by atoms with Gasteiger partial charge in [0.25, 0.3) is 0 Å². The summed E-state index contributed by atoms with van der Waals surface area (Å²) >= 11 is 0. The van der Waals surface area contributed by atoms with Crippen LogP contribution >= 0.6 is 0 Å². The van der Waals surface area contributed by atoms with Gasteiger partial charge in [0, 0.05) is 31.2 Å². The smallest absolute Gasteiger partial charge is 0.409 e. The van der Waals surface area contributed by atoms with Crippen LogP contribution in [0.5, 0.6) is 5.88 Å². The van der Waals surface area contributed by atoms with Gasteiger partial charge < -0.3 is 9.64 Å². The standard InChI is InChI=1S/C13H12F4N2O2/c14-10-2-1-3-11(18-10)21-9-5-7-19(8-9)12(20)4-6-13(15,16)17/h1-4,6,9H,5,7-8H2/b6-4+. The summed E-state index contributed by atoms with van der Waals surface area (Å²) in [7, 11) is 0. The van der Waals surface area contributed by atoms with E-state index in [1.54, 1.807) is 0 Å². The number of hydrogen-bond donors (Lipinski definition) is 0. The van der Waals surface area contributed by atoms with E-state index in [1.165, 1.54) is 23.1 Å². The van der Waals surface area contributed by atoms with Crippen LogP contribution in [0, 0.1) is 5.95 Å². The molecule has 1 amide bonds. The molecule has 4 nitrogen and oxygen atoms in total. The molecule has 1 fully saturated rings. The van der Waals surface area contributed by atoms with Crippen LogP contribution in [0.3, 0.4) is 0 Å². The van der Waals surface area contributed by atoms with E-state index in [4.69, 9.17) is 4.74 Å². The topological polar surface area (TPSA) is 42.4 Å². The Labute approximate surface area is 118 Å². The molecule has 1 saturated heterocycles. The Morgan fingerprint density at radius 2 is 2.19 bits per heavy atom. The molecule has 0 N–H and O–H groups in total. The molecule has 0 aliphatic carbocycles. The van der Waals surface area contributed by atoms with Crippen molar-refractivity contribution in [1.82, 2.24) is 9.88 Å². The van der Waals surface area contributed by atoms with E-state index in [-0.39, 0.29) is 25.0 Å². The molecule has 0 bridgehead atoms.